The van der Waals surface area contributed by atoms with Crippen LogP contribution in [0, 0.1) is 5.41 Å². The van der Waals surface area contributed by atoms with Crippen LogP contribution >= 0.6 is 0 Å². The fourth-order valence-electron chi connectivity index (χ4n) is 0.610. The highest BCUT2D eigenvalue weighted by molar-refractivity contribution is 5.80. The molecule has 1 aromatic carbocycles. The van der Waals surface area contributed by atoms with Crippen LogP contribution in [0.15, 0.2) is 24.3 Å². The Labute approximate surface area is 64.0 Å². The van der Waals surface area contributed by atoms with E-state index in [0.29, 0.717) is 5.56 Å². The van der Waals surface area contributed by atoms with Gasteiger partial charge in [0.2, 0.25) is 0 Å². The Morgan fingerprint density at radius 2 is 1.90 bits per heavy atom. The number of nitrogens with one attached hydrogen (secondary N) is 1. The van der Waals surface area contributed by atoms with Gasteiger partial charge < -0.3 is 10.5 Å². The van der Waals surface area contributed by atoms with Crippen molar-refractivity contribution < 1.29 is 5.11 Å². The number of aromatic hydroxyl groups is 1. The number of phenolic OH excluding ortho intramolecular Hbond substituents is 1. The molecule has 0 aliphatic carbocycles. The molecule has 0 saturated carbocycles. The molecule has 2 nitrogen and oxygen atoms in total. The molecule has 0 heterocycles. The summed E-state index contributed by atoms with van der Waals surface area (Å²) in [5.41, 5.74) is 0.553. The Kier molecular flexibility index (Phi) is 3.42. The summed E-state index contributed by atoms with van der Waals surface area (Å²) < 4.78 is 0. The second kappa shape index (κ2) is 3.84. The van der Waals surface area contributed by atoms with Crippen molar-refractivity contribution in [3.63, 3.8) is 0 Å². The summed E-state index contributed by atoms with van der Waals surface area (Å²) in [7, 11) is 0. The van der Waals surface area contributed by atoms with Gasteiger partial charge in [-0.2, -0.15) is 0 Å². The number of rotatable bonds is 1. The highest BCUT2D eigenvalue weighted by Gasteiger charge is 1.91. The summed E-state index contributed by atoms with van der Waals surface area (Å²) in [6.45, 7) is 0. The van der Waals surface area contributed by atoms with Crippen LogP contribution in [0.4, 0.5) is 0 Å². The molecule has 0 bridgehead atoms. The molecule has 0 unspecified atom stereocenters. The summed E-state index contributed by atoms with van der Waals surface area (Å²) in [5, 5.41) is 15.8. The first-order chi connectivity index (χ1) is 4.34. The van der Waals surface area contributed by atoms with Crippen molar-refractivity contribution in [2.45, 2.75) is 0 Å². The third-order valence-electron chi connectivity index (χ3n) is 1.09. The third kappa shape index (κ3) is 1.70. The van der Waals surface area contributed by atoms with Crippen molar-refractivity contribution in [1.29, 1.82) is 5.41 Å². The van der Waals surface area contributed by atoms with E-state index < -0.39 is 0 Å². The van der Waals surface area contributed by atoms with Gasteiger partial charge in [-0.05, 0) is 12.1 Å². The van der Waals surface area contributed by atoms with E-state index in [1.165, 1.54) is 0 Å². The van der Waals surface area contributed by atoms with Gasteiger partial charge in [-0.15, -0.1) is 0 Å². The van der Waals surface area contributed by atoms with Crippen LogP contribution < -0.4 is 0 Å². The Balaban J connectivity index is 0.000000810. The van der Waals surface area contributed by atoms with Crippen LogP contribution in [0.5, 0.6) is 5.75 Å². The number of benzene rings is 1. The standard InChI is InChI=1S/C7H7NO.Si/c8-5-6-3-1-2-4-7(6)9;/h1-5,8-9H;. The van der Waals surface area contributed by atoms with E-state index in [9.17, 15) is 0 Å². The van der Waals surface area contributed by atoms with Gasteiger partial charge in [-0.25, -0.2) is 0 Å². The molecule has 0 aromatic heterocycles. The number of hydrogen-bond acceptors (Lipinski definition) is 2. The molecule has 2 N–H and O–H groups in total. The molecule has 50 valence electrons. The lowest BCUT2D eigenvalue weighted by atomic mass is 10.2. The number of hydrogen-bond donors (Lipinski definition) is 2. The van der Waals surface area contributed by atoms with Gasteiger partial charge in [0.05, 0.1) is 0 Å². The topological polar surface area (TPSA) is 44.1 Å². The quantitative estimate of drug-likeness (QED) is 0.454. The van der Waals surface area contributed by atoms with E-state index in [0.717, 1.165) is 6.21 Å². The minimum atomic E-state index is 0. The van der Waals surface area contributed by atoms with Crippen LogP contribution in [-0.4, -0.2) is 22.3 Å². The van der Waals surface area contributed by atoms with Crippen molar-refractivity contribution in [1.82, 2.24) is 0 Å². The highest BCUT2D eigenvalue weighted by atomic mass is 28.1. The van der Waals surface area contributed by atoms with E-state index in [1.54, 1.807) is 24.3 Å². The lowest BCUT2D eigenvalue weighted by Gasteiger charge is -1.92. The highest BCUT2D eigenvalue weighted by Crippen LogP contribution is 2.11. The Morgan fingerprint density at radius 3 is 2.30 bits per heavy atom. The molecule has 4 radical (unpaired) electrons. The molecule has 1 rings (SSSR count). The SMILES string of the molecule is N=Cc1ccccc1O.[Si]. The monoisotopic (exact) mass is 149 g/mol. The largest absolute Gasteiger partial charge is 0.507 e. The minimum Gasteiger partial charge on any atom is -0.507 e. The van der Waals surface area contributed by atoms with E-state index in [1.807, 2.05) is 0 Å². The van der Waals surface area contributed by atoms with Crippen LogP contribution in [0.2, 0.25) is 0 Å². The van der Waals surface area contributed by atoms with Crippen molar-refractivity contribution in [2.75, 3.05) is 0 Å². The van der Waals surface area contributed by atoms with Crippen LogP contribution in [-0.2, 0) is 0 Å². The summed E-state index contributed by atoms with van der Waals surface area (Å²) in [6, 6.07) is 6.74. The fraction of sp³-hybridized carbons (Fsp3) is 0. The summed E-state index contributed by atoms with van der Waals surface area (Å²) in [5.74, 6) is 0.160. The molecule has 0 amide bonds. The second-order valence-corrected chi connectivity index (χ2v) is 1.70. The van der Waals surface area contributed by atoms with E-state index >= 15 is 0 Å². The number of phenols is 1. The predicted octanol–water partition coefficient (Wildman–Crippen LogP) is 1.01. The third-order valence-corrected chi connectivity index (χ3v) is 1.09. The zero-order chi connectivity index (χ0) is 6.69. The van der Waals surface area contributed by atoms with Crippen LogP contribution in [0.25, 0.3) is 0 Å². The fourth-order valence-corrected chi connectivity index (χ4v) is 0.610. The van der Waals surface area contributed by atoms with Gasteiger partial charge in [0.25, 0.3) is 0 Å². The molecule has 0 fully saturated rings. The predicted molar refractivity (Wildman–Crippen MR) is 41.7 cm³/mol. The van der Waals surface area contributed by atoms with Gasteiger partial charge in [-0.1, -0.05) is 12.1 Å². The zero-order valence-corrected chi connectivity index (χ0v) is 6.33. The normalized spacial score (nSPS) is 8.00. The smallest absolute Gasteiger partial charge is 0.124 e. The average Bonchev–Trinajstić information content (AvgIpc) is 1.89. The van der Waals surface area contributed by atoms with Crippen molar-refractivity contribution in [3.05, 3.63) is 29.8 Å². The first kappa shape index (κ1) is 8.91. The maximum absolute atomic E-state index is 8.96. The first-order valence-corrected chi connectivity index (χ1v) is 2.63. The van der Waals surface area contributed by atoms with Crippen molar-refractivity contribution in [3.8, 4) is 5.75 Å². The minimum absolute atomic E-state index is 0. The van der Waals surface area contributed by atoms with E-state index in [2.05, 4.69) is 0 Å². The lowest BCUT2D eigenvalue weighted by Crippen LogP contribution is -1.77. The van der Waals surface area contributed by atoms with Gasteiger partial charge in [0, 0.05) is 22.7 Å². The first-order valence-electron chi connectivity index (χ1n) is 2.63. The molecule has 0 saturated heterocycles. The molecule has 0 aliphatic rings. The molecule has 1 aromatic rings. The van der Waals surface area contributed by atoms with E-state index in [4.69, 9.17) is 10.5 Å². The van der Waals surface area contributed by atoms with Gasteiger partial charge in [-0.3, -0.25) is 0 Å². The summed E-state index contributed by atoms with van der Waals surface area (Å²) in [4.78, 5) is 0. The van der Waals surface area contributed by atoms with Gasteiger partial charge in [0.1, 0.15) is 5.75 Å². The second-order valence-electron chi connectivity index (χ2n) is 1.70. The molecule has 10 heavy (non-hydrogen) atoms. The molecule has 3 heteroatoms. The van der Waals surface area contributed by atoms with Crippen LogP contribution in [0.1, 0.15) is 5.56 Å². The van der Waals surface area contributed by atoms with Gasteiger partial charge >= 0.3 is 0 Å². The maximum Gasteiger partial charge on any atom is 0.124 e. The lowest BCUT2D eigenvalue weighted by molar-refractivity contribution is 0.474. The molecule has 0 aliphatic heterocycles. The van der Waals surface area contributed by atoms with Crippen LogP contribution in [0.3, 0.4) is 0 Å². The van der Waals surface area contributed by atoms with E-state index in [-0.39, 0.29) is 16.7 Å². The van der Waals surface area contributed by atoms with Gasteiger partial charge in [0.15, 0.2) is 0 Å². The molecular formula is C7H7NOSi. The average molecular weight is 149 g/mol. The van der Waals surface area contributed by atoms with Crippen molar-refractivity contribution >= 4 is 17.2 Å². The maximum atomic E-state index is 8.96. The molecule has 0 spiro atoms. The Hall–Kier alpha value is -1.09. The summed E-state index contributed by atoms with van der Waals surface area (Å²) in [6.07, 6.45) is 1.12. The zero-order valence-electron chi connectivity index (χ0n) is 5.33. The Bertz CT molecular complexity index is 225. The Morgan fingerprint density at radius 1 is 1.30 bits per heavy atom. The summed E-state index contributed by atoms with van der Waals surface area (Å²) >= 11 is 0. The van der Waals surface area contributed by atoms with Crippen molar-refractivity contribution in [2.24, 2.45) is 0 Å². The molecular weight excluding hydrogens is 142 g/mol. The number of para-hydroxylation sites is 1. The molecule has 0 atom stereocenters.